The largest absolute Gasteiger partial charge is 0.302 e. The number of aromatic nitrogens is 5. The molecule has 3 heterocycles. The molecule has 4 rings (SSSR count). The number of carbonyl (C=O) groups excluding carboxylic acids is 1. The Hall–Kier alpha value is -3.04. The van der Waals surface area contributed by atoms with Crippen molar-refractivity contribution < 1.29 is 4.79 Å². The van der Waals surface area contributed by atoms with Gasteiger partial charge in [0, 0.05) is 42.6 Å². The fraction of sp³-hybridized carbons (Fsp3) is 0.227. The Labute approximate surface area is 189 Å². The fourth-order valence-corrected chi connectivity index (χ4v) is 4.99. The monoisotopic (exact) mass is 450 g/mol. The maximum Gasteiger partial charge on any atom is 0.230 e. The molecule has 0 aliphatic carbocycles. The summed E-state index contributed by atoms with van der Waals surface area (Å²) in [6.45, 7) is 4.52. The number of anilines is 2. The Morgan fingerprint density at radius 1 is 1.13 bits per heavy atom. The first kappa shape index (κ1) is 21.2. The zero-order valence-electron chi connectivity index (χ0n) is 17.3. The number of rotatable bonds is 8. The van der Waals surface area contributed by atoms with Gasteiger partial charge in [-0.15, -0.1) is 21.5 Å². The van der Waals surface area contributed by atoms with E-state index in [4.69, 9.17) is 4.98 Å². The summed E-state index contributed by atoms with van der Waals surface area (Å²) in [5.74, 6) is 1.43. The molecule has 4 aromatic rings. The smallest absolute Gasteiger partial charge is 0.230 e. The van der Waals surface area contributed by atoms with Crippen LogP contribution in [-0.4, -0.2) is 30.6 Å². The normalized spacial score (nSPS) is 10.9. The molecule has 0 unspecified atom stereocenters. The lowest BCUT2D eigenvalue weighted by Gasteiger charge is -2.17. The average Bonchev–Trinajstić information content (AvgIpc) is 3.41. The number of amides is 1. The highest BCUT2D eigenvalue weighted by Crippen LogP contribution is 2.31. The van der Waals surface area contributed by atoms with Crippen LogP contribution in [0.5, 0.6) is 0 Å². The van der Waals surface area contributed by atoms with E-state index in [0.717, 1.165) is 40.9 Å². The van der Waals surface area contributed by atoms with E-state index in [1.807, 2.05) is 47.8 Å². The van der Waals surface area contributed by atoms with E-state index in [0.29, 0.717) is 10.9 Å². The van der Waals surface area contributed by atoms with E-state index in [1.54, 1.807) is 36.0 Å². The second kappa shape index (κ2) is 9.84. The molecule has 0 aliphatic rings. The van der Waals surface area contributed by atoms with Crippen molar-refractivity contribution in [1.29, 1.82) is 0 Å². The summed E-state index contributed by atoms with van der Waals surface area (Å²) in [5, 5.41) is 12.3. The number of hydrogen-bond acceptors (Lipinski definition) is 7. The zero-order chi connectivity index (χ0) is 21.6. The van der Waals surface area contributed by atoms with Crippen molar-refractivity contribution in [3.05, 3.63) is 65.9 Å². The van der Waals surface area contributed by atoms with Gasteiger partial charge in [0.05, 0.1) is 11.4 Å². The van der Waals surface area contributed by atoms with Crippen LogP contribution in [-0.2, 0) is 17.1 Å². The van der Waals surface area contributed by atoms with Crippen LogP contribution in [0, 0.1) is 0 Å². The number of thioether (sulfide) groups is 1. The molecule has 0 N–H and O–H groups in total. The molecule has 1 amide bonds. The predicted octanol–water partition coefficient (Wildman–Crippen LogP) is 5.18. The lowest BCUT2D eigenvalue weighted by Crippen LogP contribution is -2.22. The molecule has 31 heavy (non-hydrogen) atoms. The van der Waals surface area contributed by atoms with Gasteiger partial charge in [0.15, 0.2) is 16.1 Å². The molecular formula is C22H22N6OS2. The summed E-state index contributed by atoms with van der Waals surface area (Å²) in [6.07, 6.45) is 4.50. The minimum Gasteiger partial charge on any atom is -0.302 e. The number of para-hydroxylation sites is 1. The minimum absolute atomic E-state index is 0.0653. The molecule has 0 saturated carbocycles. The van der Waals surface area contributed by atoms with Crippen molar-refractivity contribution in [2.45, 2.75) is 37.7 Å². The molecule has 0 fully saturated rings. The number of thiazole rings is 1. The van der Waals surface area contributed by atoms with Gasteiger partial charge >= 0.3 is 0 Å². The van der Waals surface area contributed by atoms with Crippen LogP contribution in [0.4, 0.5) is 10.8 Å². The quantitative estimate of drug-likeness (QED) is 0.344. The second-order valence-electron chi connectivity index (χ2n) is 6.79. The third kappa shape index (κ3) is 4.83. The molecular weight excluding hydrogens is 428 g/mol. The van der Waals surface area contributed by atoms with Crippen molar-refractivity contribution in [3.63, 3.8) is 0 Å². The second-order valence-corrected chi connectivity index (χ2v) is 8.57. The van der Waals surface area contributed by atoms with Gasteiger partial charge in [-0.2, -0.15) is 0 Å². The van der Waals surface area contributed by atoms with Gasteiger partial charge in [-0.3, -0.25) is 14.7 Å². The molecule has 158 valence electrons. The van der Waals surface area contributed by atoms with Gasteiger partial charge in [-0.1, -0.05) is 36.9 Å². The topological polar surface area (TPSA) is 76.8 Å². The van der Waals surface area contributed by atoms with E-state index in [2.05, 4.69) is 26.7 Å². The summed E-state index contributed by atoms with van der Waals surface area (Å²) in [7, 11) is 0. The van der Waals surface area contributed by atoms with Crippen LogP contribution in [0.2, 0.25) is 0 Å². The van der Waals surface area contributed by atoms with Crippen LogP contribution in [0.1, 0.15) is 26.0 Å². The average molecular weight is 451 g/mol. The molecule has 0 radical (unpaired) electrons. The molecule has 0 bridgehead atoms. The number of hydrogen-bond donors (Lipinski definition) is 0. The zero-order valence-corrected chi connectivity index (χ0v) is 18.9. The van der Waals surface area contributed by atoms with E-state index in [-0.39, 0.29) is 5.91 Å². The first-order valence-corrected chi connectivity index (χ1v) is 11.8. The van der Waals surface area contributed by atoms with Crippen molar-refractivity contribution in [2.24, 2.45) is 0 Å². The molecule has 0 aliphatic heterocycles. The SMILES string of the molecule is CCCn1c(SCc2csc(N(C(C)=O)c3ccccc3)n2)nnc1-c1ccncc1. The van der Waals surface area contributed by atoms with E-state index in [1.165, 1.54) is 11.3 Å². The summed E-state index contributed by atoms with van der Waals surface area (Å²) in [6, 6.07) is 13.5. The van der Waals surface area contributed by atoms with Crippen LogP contribution in [0.3, 0.4) is 0 Å². The Kier molecular flexibility index (Phi) is 6.73. The van der Waals surface area contributed by atoms with Crippen LogP contribution in [0.15, 0.2) is 65.4 Å². The van der Waals surface area contributed by atoms with Gasteiger partial charge in [-0.25, -0.2) is 4.98 Å². The van der Waals surface area contributed by atoms with Crippen molar-refractivity contribution in [1.82, 2.24) is 24.7 Å². The highest BCUT2D eigenvalue weighted by atomic mass is 32.2. The van der Waals surface area contributed by atoms with Crippen LogP contribution < -0.4 is 4.90 Å². The van der Waals surface area contributed by atoms with Crippen LogP contribution in [0.25, 0.3) is 11.4 Å². The van der Waals surface area contributed by atoms with Gasteiger partial charge in [0.25, 0.3) is 0 Å². The number of carbonyl (C=O) groups is 1. The van der Waals surface area contributed by atoms with Crippen molar-refractivity contribution in [2.75, 3.05) is 4.90 Å². The third-order valence-electron chi connectivity index (χ3n) is 4.51. The summed E-state index contributed by atoms with van der Waals surface area (Å²) < 4.78 is 2.14. The maximum atomic E-state index is 12.2. The van der Waals surface area contributed by atoms with Gasteiger partial charge in [-0.05, 0) is 30.7 Å². The molecule has 3 aromatic heterocycles. The molecule has 7 nitrogen and oxygen atoms in total. The number of nitrogens with zero attached hydrogens (tertiary/aromatic N) is 6. The first-order valence-electron chi connectivity index (χ1n) is 9.94. The fourth-order valence-electron chi connectivity index (χ4n) is 3.14. The molecule has 9 heteroatoms. The summed E-state index contributed by atoms with van der Waals surface area (Å²) in [4.78, 5) is 22.7. The Balaban J connectivity index is 1.52. The Bertz CT molecular complexity index is 1140. The van der Waals surface area contributed by atoms with Gasteiger partial charge in [0.1, 0.15) is 0 Å². The van der Waals surface area contributed by atoms with E-state index < -0.39 is 0 Å². The van der Waals surface area contributed by atoms with Crippen LogP contribution >= 0.6 is 23.1 Å². The third-order valence-corrected chi connectivity index (χ3v) is 6.39. The predicted molar refractivity (Wildman–Crippen MR) is 124 cm³/mol. The lowest BCUT2D eigenvalue weighted by molar-refractivity contribution is -0.115. The minimum atomic E-state index is -0.0653. The van der Waals surface area contributed by atoms with E-state index >= 15 is 0 Å². The Morgan fingerprint density at radius 3 is 2.61 bits per heavy atom. The first-order chi connectivity index (χ1) is 15.2. The highest BCUT2D eigenvalue weighted by Gasteiger charge is 2.19. The number of pyridine rings is 1. The van der Waals surface area contributed by atoms with Crippen molar-refractivity contribution >= 4 is 39.8 Å². The van der Waals surface area contributed by atoms with E-state index in [9.17, 15) is 4.79 Å². The summed E-state index contributed by atoms with van der Waals surface area (Å²) >= 11 is 3.06. The van der Waals surface area contributed by atoms with Gasteiger partial charge < -0.3 is 4.57 Å². The number of benzene rings is 1. The van der Waals surface area contributed by atoms with Gasteiger partial charge in [0.2, 0.25) is 5.91 Å². The van der Waals surface area contributed by atoms with Crippen molar-refractivity contribution in [3.8, 4) is 11.4 Å². The lowest BCUT2D eigenvalue weighted by atomic mass is 10.2. The molecule has 0 saturated heterocycles. The maximum absolute atomic E-state index is 12.2. The molecule has 1 aromatic carbocycles. The Morgan fingerprint density at radius 2 is 1.90 bits per heavy atom. The summed E-state index contributed by atoms with van der Waals surface area (Å²) in [5.41, 5.74) is 2.72. The molecule has 0 spiro atoms. The highest BCUT2D eigenvalue weighted by molar-refractivity contribution is 7.98. The standard InChI is InChI=1S/C22H22N6OS2/c1-3-13-27-20(17-9-11-23-12-10-17)25-26-22(27)31-15-18-14-30-21(24-18)28(16(2)29)19-7-5-4-6-8-19/h4-12,14H,3,13,15H2,1-2H3. The molecule has 0 atom stereocenters.